The number of nitrogens with two attached hydrogens (primary N) is 1. The van der Waals surface area contributed by atoms with Crippen LogP contribution in [0, 0.1) is 0 Å². The zero-order valence-corrected chi connectivity index (χ0v) is 14.2. The molecule has 3 rings (SSSR count). The second-order valence-electron chi connectivity index (χ2n) is 6.51. The summed E-state index contributed by atoms with van der Waals surface area (Å²) in [6.07, 6.45) is -8.13. The van der Waals surface area contributed by atoms with Gasteiger partial charge in [-0.2, -0.15) is 4.98 Å². The molecule has 12 nitrogen and oxygen atoms in total. The molecule has 0 amide bonds. The highest BCUT2D eigenvalue weighted by atomic mass is 16.7. The second kappa shape index (κ2) is 8.16. The fourth-order valence-electron chi connectivity index (χ4n) is 3.08. The number of aliphatic hydroxyl groups excluding tert-OH is 5. The van der Waals surface area contributed by atoms with Crippen LogP contribution in [0.4, 0.5) is 5.82 Å². The average molecular weight is 389 g/mol. The topological polar surface area (TPSA) is 190 Å². The minimum absolute atomic E-state index is 0.0669. The number of aromatic nitrogens is 2. The SMILES string of the molecule is Nc1ccn([C@H]2C[C@H](O)[C@@H](CO[C@@H]3O[C@H](CO)[C@@H](O)[C@H](O)[C@H]3O)O2)c(=O)n1. The first kappa shape index (κ1) is 20.1. The Bertz CT molecular complexity index is 699. The van der Waals surface area contributed by atoms with Crippen LogP contribution in [0.3, 0.4) is 0 Å². The summed E-state index contributed by atoms with van der Waals surface area (Å²) in [5.41, 5.74) is 4.82. The van der Waals surface area contributed by atoms with Crippen molar-refractivity contribution < 1.29 is 39.7 Å². The smallest absolute Gasteiger partial charge is 0.351 e. The number of aliphatic hydroxyl groups is 5. The molecule has 0 aliphatic carbocycles. The highest BCUT2D eigenvalue weighted by Gasteiger charge is 2.45. The monoisotopic (exact) mass is 389 g/mol. The van der Waals surface area contributed by atoms with E-state index < -0.39 is 61.4 Å². The summed E-state index contributed by atoms with van der Waals surface area (Å²) in [6.45, 7) is -0.806. The minimum Gasteiger partial charge on any atom is -0.394 e. The molecule has 0 bridgehead atoms. The Labute approximate surface area is 153 Å². The Morgan fingerprint density at radius 1 is 1.19 bits per heavy atom. The maximum atomic E-state index is 11.9. The molecule has 0 spiro atoms. The number of hydrogen-bond acceptors (Lipinski definition) is 11. The maximum absolute atomic E-state index is 11.9. The van der Waals surface area contributed by atoms with Gasteiger partial charge in [-0.25, -0.2) is 4.79 Å². The van der Waals surface area contributed by atoms with Crippen molar-refractivity contribution in [3.8, 4) is 0 Å². The van der Waals surface area contributed by atoms with Gasteiger partial charge >= 0.3 is 5.69 Å². The predicted molar refractivity (Wildman–Crippen MR) is 87.2 cm³/mol. The quantitative estimate of drug-likeness (QED) is 0.290. The molecule has 7 N–H and O–H groups in total. The molecular weight excluding hydrogens is 366 g/mol. The van der Waals surface area contributed by atoms with Crippen LogP contribution in [-0.4, -0.2) is 91.2 Å². The average Bonchev–Trinajstić information content (AvgIpc) is 2.99. The third-order valence-corrected chi connectivity index (χ3v) is 4.64. The van der Waals surface area contributed by atoms with Crippen LogP contribution in [0.15, 0.2) is 17.1 Å². The summed E-state index contributed by atoms with van der Waals surface area (Å²) in [7, 11) is 0. The Hall–Kier alpha value is -1.64. The first-order valence-corrected chi connectivity index (χ1v) is 8.42. The third-order valence-electron chi connectivity index (χ3n) is 4.64. The lowest BCUT2D eigenvalue weighted by Crippen LogP contribution is -2.59. The van der Waals surface area contributed by atoms with E-state index in [-0.39, 0.29) is 18.8 Å². The number of hydrogen-bond donors (Lipinski definition) is 6. The molecule has 2 saturated heterocycles. The molecule has 152 valence electrons. The maximum Gasteiger partial charge on any atom is 0.351 e. The first-order valence-electron chi connectivity index (χ1n) is 8.42. The molecule has 0 saturated carbocycles. The summed E-state index contributed by atoms with van der Waals surface area (Å²) < 4.78 is 17.4. The fraction of sp³-hybridized carbons (Fsp3) is 0.733. The van der Waals surface area contributed by atoms with E-state index in [2.05, 4.69) is 4.98 Å². The highest BCUT2D eigenvalue weighted by molar-refractivity contribution is 5.23. The summed E-state index contributed by atoms with van der Waals surface area (Å²) in [4.78, 5) is 15.5. The van der Waals surface area contributed by atoms with Crippen molar-refractivity contribution >= 4 is 5.82 Å². The molecule has 27 heavy (non-hydrogen) atoms. The van der Waals surface area contributed by atoms with Crippen LogP contribution >= 0.6 is 0 Å². The molecular formula is C15H23N3O9. The molecule has 3 heterocycles. The lowest BCUT2D eigenvalue weighted by Gasteiger charge is -2.39. The van der Waals surface area contributed by atoms with Gasteiger partial charge in [0.25, 0.3) is 0 Å². The molecule has 8 atom stereocenters. The Morgan fingerprint density at radius 3 is 2.59 bits per heavy atom. The Kier molecular flexibility index (Phi) is 6.08. The highest BCUT2D eigenvalue weighted by Crippen LogP contribution is 2.29. The second-order valence-corrected chi connectivity index (χ2v) is 6.51. The normalized spacial score (nSPS) is 39.6. The van der Waals surface area contributed by atoms with Crippen molar-refractivity contribution in [3.05, 3.63) is 22.7 Å². The summed E-state index contributed by atoms with van der Waals surface area (Å²) >= 11 is 0. The van der Waals surface area contributed by atoms with Crippen molar-refractivity contribution in [2.24, 2.45) is 0 Å². The molecule has 12 heteroatoms. The van der Waals surface area contributed by atoms with Crippen LogP contribution in [-0.2, 0) is 14.2 Å². The molecule has 2 aliphatic heterocycles. The number of rotatable bonds is 5. The Morgan fingerprint density at radius 2 is 1.93 bits per heavy atom. The number of ether oxygens (including phenoxy) is 3. The molecule has 0 aromatic carbocycles. The van der Waals surface area contributed by atoms with Crippen LogP contribution in [0.25, 0.3) is 0 Å². The van der Waals surface area contributed by atoms with E-state index in [4.69, 9.17) is 25.1 Å². The van der Waals surface area contributed by atoms with E-state index in [1.807, 2.05) is 0 Å². The van der Waals surface area contributed by atoms with Gasteiger partial charge < -0.3 is 45.5 Å². The molecule has 0 unspecified atom stereocenters. The van der Waals surface area contributed by atoms with Crippen molar-refractivity contribution in [1.29, 1.82) is 0 Å². The van der Waals surface area contributed by atoms with E-state index in [1.165, 1.54) is 16.8 Å². The van der Waals surface area contributed by atoms with Gasteiger partial charge in [-0.05, 0) is 6.07 Å². The summed E-state index contributed by atoms with van der Waals surface area (Å²) in [6, 6.07) is 1.43. The molecule has 2 aliphatic rings. The number of nitrogen functional groups attached to an aromatic ring is 1. The van der Waals surface area contributed by atoms with Crippen molar-refractivity contribution in [3.63, 3.8) is 0 Å². The summed E-state index contributed by atoms with van der Waals surface area (Å²) in [5, 5.41) is 48.8. The molecule has 1 aromatic rings. The number of nitrogens with zero attached hydrogens (tertiary/aromatic N) is 2. The molecule has 0 radical (unpaired) electrons. The Balaban J connectivity index is 1.60. The van der Waals surface area contributed by atoms with Gasteiger partial charge in [0.05, 0.1) is 19.3 Å². The minimum atomic E-state index is -1.57. The molecule has 1 aromatic heterocycles. The van der Waals surface area contributed by atoms with Gasteiger partial charge in [-0.3, -0.25) is 4.57 Å². The standard InChI is InChI=1S/C15H23N3O9/c16-9-1-2-18(15(24)17-9)10-3-6(20)8(26-10)5-25-14-13(23)12(22)11(21)7(4-19)27-14/h1-2,6-8,10-14,19-23H,3-5H2,(H2,16,17,24)/t6-,7+,8+,10+,11+,12-,13+,14+/m0/s1. The van der Waals surface area contributed by atoms with Crippen LogP contribution in [0.2, 0.25) is 0 Å². The predicted octanol–water partition coefficient (Wildman–Crippen LogP) is -3.71. The van der Waals surface area contributed by atoms with Crippen LogP contribution in [0.5, 0.6) is 0 Å². The molecule has 2 fully saturated rings. The van der Waals surface area contributed by atoms with Crippen molar-refractivity contribution in [2.45, 2.75) is 55.6 Å². The lowest BCUT2D eigenvalue weighted by molar-refractivity contribution is -0.306. The fourth-order valence-corrected chi connectivity index (χ4v) is 3.08. The number of anilines is 1. The largest absolute Gasteiger partial charge is 0.394 e. The van der Waals surface area contributed by atoms with E-state index in [1.54, 1.807) is 0 Å². The van der Waals surface area contributed by atoms with E-state index in [0.29, 0.717) is 0 Å². The van der Waals surface area contributed by atoms with Gasteiger partial charge in [0.15, 0.2) is 6.29 Å². The van der Waals surface area contributed by atoms with Gasteiger partial charge in [-0.1, -0.05) is 0 Å². The van der Waals surface area contributed by atoms with Crippen LogP contribution in [0.1, 0.15) is 12.6 Å². The zero-order chi connectivity index (χ0) is 19.7. The van der Waals surface area contributed by atoms with Crippen molar-refractivity contribution in [2.75, 3.05) is 18.9 Å². The lowest BCUT2D eigenvalue weighted by atomic mass is 9.99. The van der Waals surface area contributed by atoms with Crippen molar-refractivity contribution in [1.82, 2.24) is 9.55 Å². The van der Waals surface area contributed by atoms with Gasteiger partial charge in [-0.15, -0.1) is 0 Å². The zero-order valence-electron chi connectivity index (χ0n) is 14.2. The van der Waals surface area contributed by atoms with E-state index in [9.17, 15) is 25.2 Å². The first-order chi connectivity index (χ1) is 12.8. The van der Waals surface area contributed by atoms with Crippen LogP contribution < -0.4 is 11.4 Å². The van der Waals surface area contributed by atoms with E-state index in [0.717, 1.165) is 0 Å². The summed E-state index contributed by atoms with van der Waals surface area (Å²) in [5.74, 6) is 0.0669. The third kappa shape index (κ3) is 4.12. The van der Waals surface area contributed by atoms with Gasteiger partial charge in [0.2, 0.25) is 0 Å². The van der Waals surface area contributed by atoms with Gasteiger partial charge in [0.1, 0.15) is 42.6 Å². The van der Waals surface area contributed by atoms with E-state index >= 15 is 0 Å². The van der Waals surface area contributed by atoms with Gasteiger partial charge in [0, 0.05) is 12.6 Å².